The van der Waals surface area contributed by atoms with Gasteiger partial charge in [0.2, 0.25) is 0 Å². The Labute approximate surface area is 139 Å². The number of benzene rings is 1. The second-order valence-corrected chi connectivity index (χ2v) is 7.50. The summed E-state index contributed by atoms with van der Waals surface area (Å²) in [6, 6.07) is 7.42. The van der Waals surface area contributed by atoms with E-state index < -0.39 is 12.1 Å². The van der Waals surface area contributed by atoms with E-state index in [1.54, 1.807) is 25.1 Å². The average Bonchev–Trinajstić information content (AvgIpc) is 3.07. The monoisotopic (exact) mass is 337 g/mol. The van der Waals surface area contributed by atoms with Crippen LogP contribution in [0.2, 0.25) is 0 Å². The van der Waals surface area contributed by atoms with Crippen LogP contribution in [0, 0.1) is 0 Å². The summed E-state index contributed by atoms with van der Waals surface area (Å²) in [6.45, 7) is 5.42. The molecule has 0 radical (unpaired) electrons. The molecule has 0 spiro atoms. The number of amides is 1. The van der Waals surface area contributed by atoms with E-state index >= 15 is 0 Å². The van der Waals surface area contributed by atoms with Gasteiger partial charge >= 0.3 is 5.97 Å². The van der Waals surface area contributed by atoms with E-state index in [-0.39, 0.29) is 5.91 Å². The number of hydrogen-bond donors (Lipinski definition) is 1. The molecule has 0 unspecified atom stereocenters. The van der Waals surface area contributed by atoms with Crippen LogP contribution in [-0.4, -0.2) is 36.0 Å². The molecule has 4 nitrogen and oxygen atoms in total. The molecule has 118 valence electrons. The van der Waals surface area contributed by atoms with Gasteiger partial charge in [0.15, 0.2) is 6.10 Å². The second kappa shape index (κ2) is 8.29. The maximum Gasteiger partial charge on any atom is 0.338 e. The van der Waals surface area contributed by atoms with Gasteiger partial charge < -0.3 is 10.1 Å². The highest BCUT2D eigenvalue weighted by Gasteiger charge is 2.20. The van der Waals surface area contributed by atoms with Crippen LogP contribution in [0.15, 0.2) is 36.9 Å². The van der Waals surface area contributed by atoms with E-state index in [1.165, 1.54) is 5.56 Å². The highest BCUT2D eigenvalue weighted by atomic mass is 32.2. The molecule has 0 aromatic heterocycles. The zero-order valence-electron chi connectivity index (χ0n) is 12.4. The largest absolute Gasteiger partial charge is 0.449 e. The van der Waals surface area contributed by atoms with Crippen LogP contribution in [0.1, 0.15) is 27.4 Å². The fourth-order valence-corrected chi connectivity index (χ4v) is 4.79. The molecule has 0 aliphatic carbocycles. The highest BCUT2D eigenvalue weighted by Crippen LogP contribution is 2.45. The normalized spacial score (nSPS) is 16.0. The topological polar surface area (TPSA) is 55.4 Å². The Balaban J connectivity index is 1.91. The Morgan fingerprint density at radius 1 is 1.36 bits per heavy atom. The van der Waals surface area contributed by atoms with Gasteiger partial charge in [-0.1, -0.05) is 18.2 Å². The molecular formula is C16H19NO3S2. The Morgan fingerprint density at radius 2 is 2.00 bits per heavy atom. The van der Waals surface area contributed by atoms with Crippen molar-refractivity contribution in [3.63, 3.8) is 0 Å². The minimum atomic E-state index is -0.826. The van der Waals surface area contributed by atoms with Gasteiger partial charge in [-0.3, -0.25) is 4.79 Å². The Hall–Kier alpha value is -1.40. The first-order chi connectivity index (χ1) is 10.6. The molecular weight excluding hydrogens is 318 g/mol. The van der Waals surface area contributed by atoms with Crippen LogP contribution in [0.3, 0.4) is 0 Å². The van der Waals surface area contributed by atoms with Crippen molar-refractivity contribution in [2.45, 2.75) is 17.6 Å². The third kappa shape index (κ3) is 4.55. The number of ether oxygens (including phenoxy) is 1. The van der Waals surface area contributed by atoms with Gasteiger partial charge in [0.25, 0.3) is 5.91 Å². The molecule has 1 heterocycles. The fourth-order valence-electron chi connectivity index (χ4n) is 1.93. The third-order valence-corrected chi connectivity index (χ3v) is 6.22. The van der Waals surface area contributed by atoms with Gasteiger partial charge in [0.1, 0.15) is 0 Å². The van der Waals surface area contributed by atoms with Crippen LogP contribution in [0.4, 0.5) is 0 Å². The third-order valence-electron chi connectivity index (χ3n) is 3.11. The van der Waals surface area contributed by atoms with Crippen molar-refractivity contribution in [2.75, 3.05) is 18.1 Å². The van der Waals surface area contributed by atoms with Gasteiger partial charge in [0, 0.05) is 18.1 Å². The highest BCUT2D eigenvalue weighted by molar-refractivity contribution is 8.19. The lowest BCUT2D eigenvalue weighted by atomic mass is 10.1. The minimum Gasteiger partial charge on any atom is -0.449 e. The van der Waals surface area contributed by atoms with Gasteiger partial charge in [-0.2, -0.15) is 0 Å². The summed E-state index contributed by atoms with van der Waals surface area (Å²) in [4.78, 5) is 23.7. The molecule has 1 saturated heterocycles. The number of nitrogens with one attached hydrogen (secondary N) is 1. The van der Waals surface area contributed by atoms with Crippen LogP contribution < -0.4 is 5.32 Å². The first kappa shape index (κ1) is 17.0. The maximum atomic E-state index is 12.0. The Kier molecular flexibility index (Phi) is 6.39. The molecule has 0 bridgehead atoms. The molecule has 1 aromatic rings. The van der Waals surface area contributed by atoms with Crippen LogP contribution in [-0.2, 0) is 9.53 Å². The Bertz CT molecular complexity index is 539. The van der Waals surface area contributed by atoms with Crippen molar-refractivity contribution < 1.29 is 14.3 Å². The predicted molar refractivity (Wildman–Crippen MR) is 92.2 cm³/mol. The molecule has 1 N–H and O–H groups in total. The number of esters is 1. The van der Waals surface area contributed by atoms with Crippen molar-refractivity contribution in [1.29, 1.82) is 0 Å². The fraction of sp³-hybridized carbons (Fsp3) is 0.375. The van der Waals surface area contributed by atoms with E-state index in [9.17, 15) is 9.59 Å². The molecule has 1 atom stereocenters. The van der Waals surface area contributed by atoms with Crippen molar-refractivity contribution in [2.24, 2.45) is 0 Å². The first-order valence-corrected chi connectivity index (χ1v) is 9.14. The molecule has 1 aromatic carbocycles. The molecule has 1 aliphatic rings. The van der Waals surface area contributed by atoms with Crippen molar-refractivity contribution in [1.82, 2.24) is 5.32 Å². The summed E-state index contributed by atoms with van der Waals surface area (Å²) in [5.41, 5.74) is 1.67. The second-order valence-electron chi connectivity index (χ2n) is 4.78. The molecule has 1 aliphatic heterocycles. The summed E-state index contributed by atoms with van der Waals surface area (Å²) in [5, 5.41) is 2.60. The van der Waals surface area contributed by atoms with Gasteiger partial charge in [-0.25, -0.2) is 4.79 Å². The summed E-state index contributed by atoms with van der Waals surface area (Å²) in [6.07, 6.45) is 0.748. The average molecular weight is 337 g/mol. The molecule has 1 amide bonds. The van der Waals surface area contributed by atoms with E-state index in [0.717, 1.165) is 11.5 Å². The smallest absolute Gasteiger partial charge is 0.338 e. The SMILES string of the molecule is C=CCNC(=O)[C@@H](C)OC(=O)c1ccc(C2SCCS2)cc1. The number of hydrogen-bond acceptors (Lipinski definition) is 5. The number of carbonyl (C=O) groups excluding carboxylic acids is 2. The van der Waals surface area contributed by atoms with Crippen LogP contribution in [0.25, 0.3) is 0 Å². The first-order valence-electron chi connectivity index (χ1n) is 7.04. The molecule has 22 heavy (non-hydrogen) atoms. The van der Waals surface area contributed by atoms with E-state index in [0.29, 0.717) is 16.7 Å². The molecule has 2 rings (SSSR count). The van der Waals surface area contributed by atoms with Gasteiger partial charge in [0.05, 0.1) is 10.1 Å². The quantitative estimate of drug-likeness (QED) is 0.639. The van der Waals surface area contributed by atoms with Crippen molar-refractivity contribution >= 4 is 35.4 Å². The van der Waals surface area contributed by atoms with Gasteiger partial charge in [-0.15, -0.1) is 30.1 Å². The number of thioether (sulfide) groups is 2. The Morgan fingerprint density at radius 3 is 2.59 bits per heavy atom. The zero-order chi connectivity index (χ0) is 15.9. The minimum absolute atomic E-state index is 0.330. The van der Waals surface area contributed by atoms with Crippen LogP contribution in [0.5, 0.6) is 0 Å². The van der Waals surface area contributed by atoms with Gasteiger partial charge in [-0.05, 0) is 24.6 Å². The molecule has 0 saturated carbocycles. The van der Waals surface area contributed by atoms with E-state index in [2.05, 4.69) is 11.9 Å². The lowest BCUT2D eigenvalue weighted by Gasteiger charge is -2.13. The number of rotatable bonds is 6. The summed E-state index contributed by atoms with van der Waals surface area (Å²) < 4.78 is 5.62. The predicted octanol–water partition coefficient (Wildman–Crippen LogP) is 3.01. The van der Waals surface area contributed by atoms with E-state index in [4.69, 9.17) is 4.74 Å². The standard InChI is InChI=1S/C16H19NO3S2/c1-3-8-17-14(18)11(2)20-15(19)12-4-6-13(7-5-12)16-21-9-10-22-16/h3-7,11,16H,1,8-10H2,2H3,(H,17,18)/t11-/m1/s1. The van der Waals surface area contributed by atoms with Crippen molar-refractivity contribution in [3.8, 4) is 0 Å². The maximum absolute atomic E-state index is 12.0. The van der Waals surface area contributed by atoms with Crippen molar-refractivity contribution in [3.05, 3.63) is 48.0 Å². The van der Waals surface area contributed by atoms with Crippen LogP contribution >= 0.6 is 23.5 Å². The lowest BCUT2D eigenvalue weighted by molar-refractivity contribution is -0.128. The van der Waals surface area contributed by atoms with E-state index in [1.807, 2.05) is 35.7 Å². The molecule has 1 fully saturated rings. The zero-order valence-corrected chi connectivity index (χ0v) is 14.0. The summed E-state index contributed by atoms with van der Waals surface area (Å²) in [7, 11) is 0. The number of carbonyl (C=O) groups is 2. The molecule has 6 heteroatoms. The lowest BCUT2D eigenvalue weighted by Crippen LogP contribution is -2.35. The summed E-state index contributed by atoms with van der Waals surface area (Å²) >= 11 is 3.84. The summed E-state index contributed by atoms with van der Waals surface area (Å²) in [5.74, 6) is 1.51.